The highest BCUT2D eigenvalue weighted by atomic mass is 32.2. The molecule has 3 aromatic rings. The Morgan fingerprint density at radius 3 is 2.45 bits per heavy atom. The molecule has 2 aromatic carbocycles. The van der Waals surface area contributed by atoms with Gasteiger partial charge in [0.05, 0.1) is 10.4 Å². The number of pyridine rings is 1. The largest absolute Gasteiger partial charge is 0.346 e. The van der Waals surface area contributed by atoms with E-state index in [4.69, 9.17) is 0 Å². The van der Waals surface area contributed by atoms with Crippen molar-refractivity contribution in [2.24, 2.45) is 0 Å². The average molecular weight is 281 g/mol. The van der Waals surface area contributed by atoms with Crippen LogP contribution in [-0.4, -0.2) is 4.57 Å². The lowest BCUT2D eigenvalue weighted by Crippen LogP contribution is -2.10. The van der Waals surface area contributed by atoms with E-state index in [0.29, 0.717) is 0 Å². The maximum atomic E-state index is 12.6. The highest BCUT2D eigenvalue weighted by Crippen LogP contribution is 2.26. The van der Waals surface area contributed by atoms with Crippen LogP contribution < -0.4 is 5.43 Å². The van der Waals surface area contributed by atoms with Crippen molar-refractivity contribution in [2.75, 3.05) is 0 Å². The molecule has 0 spiro atoms. The third-order valence-corrected chi connectivity index (χ3v) is 4.29. The maximum Gasteiger partial charge on any atom is 0.203 e. The second-order valence-corrected chi connectivity index (χ2v) is 5.66. The number of benzene rings is 2. The Bertz CT molecular complexity index is 793. The van der Waals surface area contributed by atoms with Crippen molar-refractivity contribution in [2.45, 2.75) is 23.3 Å². The summed E-state index contributed by atoms with van der Waals surface area (Å²) in [4.78, 5) is 14.4. The van der Waals surface area contributed by atoms with Crippen molar-refractivity contribution in [1.29, 1.82) is 0 Å². The molecule has 0 aliphatic heterocycles. The number of para-hydroxylation sites is 1. The number of rotatable bonds is 3. The zero-order valence-corrected chi connectivity index (χ0v) is 12.1. The van der Waals surface area contributed by atoms with Gasteiger partial charge in [-0.05, 0) is 31.2 Å². The van der Waals surface area contributed by atoms with E-state index in [-0.39, 0.29) is 5.43 Å². The summed E-state index contributed by atoms with van der Waals surface area (Å²) < 4.78 is 2.13. The number of aromatic nitrogens is 1. The van der Waals surface area contributed by atoms with Crippen LogP contribution in [-0.2, 0) is 6.54 Å². The second-order valence-electron chi connectivity index (χ2n) is 4.54. The minimum atomic E-state index is 0.110. The molecule has 0 radical (unpaired) electrons. The Kier molecular flexibility index (Phi) is 3.61. The molecule has 0 amide bonds. The van der Waals surface area contributed by atoms with Gasteiger partial charge in [0.15, 0.2) is 0 Å². The molecular weight excluding hydrogens is 266 g/mol. The Morgan fingerprint density at radius 2 is 1.70 bits per heavy atom. The van der Waals surface area contributed by atoms with E-state index in [1.54, 1.807) is 0 Å². The number of hydrogen-bond donors (Lipinski definition) is 0. The molecule has 2 nitrogen and oxygen atoms in total. The van der Waals surface area contributed by atoms with Gasteiger partial charge in [0, 0.05) is 23.0 Å². The van der Waals surface area contributed by atoms with Gasteiger partial charge < -0.3 is 4.57 Å². The summed E-state index contributed by atoms with van der Waals surface area (Å²) in [5.41, 5.74) is 1.11. The van der Waals surface area contributed by atoms with Crippen molar-refractivity contribution in [3.05, 3.63) is 71.0 Å². The van der Waals surface area contributed by atoms with Gasteiger partial charge in [0.1, 0.15) is 0 Å². The van der Waals surface area contributed by atoms with E-state index in [0.717, 1.165) is 27.2 Å². The average Bonchev–Trinajstić information content (AvgIpc) is 2.51. The zero-order chi connectivity index (χ0) is 13.9. The van der Waals surface area contributed by atoms with E-state index in [1.807, 2.05) is 60.8 Å². The van der Waals surface area contributed by atoms with Crippen LogP contribution in [0.4, 0.5) is 0 Å². The van der Waals surface area contributed by atoms with Crippen molar-refractivity contribution in [3.63, 3.8) is 0 Å². The predicted octanol–water partition coefficient (Wildman–Crippen LogP) is 4.17. The first-order valence-electron chi connectivity index (χ1n) is 6.64. The van der Waals surface area contributed by atoms with E-state index >= 15 is 0 Å². The summed E-state index contributed by atoms with van der Waals surface area (Å²) >= 11 is 1.53. The molecule has 20 heavy (non-hydrogen) atoms. The van der Waals surface area contributed by atoms with Crippen molar-refractivity contribution < 1.29 is 0 Å². The molecule has 3 rings (SSSR count). The standard InChI is InChI=1S/C17H15NOS/c1-2-18-12-16(20-13-8-4-3-5-9-13)17(19)14-10-6-7-11-15(14)18/h3-12H,2H2,1H3. The fourth-order valence-electron chi connectivity index (χ4n) is 2.27. The molecule has 0 saturated carbocycles. The van der Waals surface area contributed by atoms with Crippen molar-refractivity contribution in [1.82, 2.24) is 4.57 Å². The second kappa shape index (κ2) is 5.55. The fraction of sp³-hybridized carbons (Fsp3) is 0.118. The summed E-state index contributed by atoms with van der Waals surface area (Å²) in [6.45, 7) is 2.94. The summed E-state index contributed by atoms with van der Waals surface area (Å²) in [6.07, 6.45) is 1.96. The molecule has 0 aliphatic rings. The molecule has 100 valence electrons. The summed E-state index contributed by atoms with van der Waals surface area (Å²) in [5, 5.41) is 0.787. The highest BCUT2D eigenvalue weighted by molar-refractivity contribution is 7.99. The zero-order valence-electron chi connectivity index (χ0n) is 11.2. The van der Waals surface area contributed by atoms with Crippen molar-refractivity contribution in [3.8, 4) is 0 Å². The topological polar surface area (TPSA) is 22.0 Å². The van der Waals surface area contributed by atoms with Gasteiger partial charge in [-0.2, -0.15) is 0 Å². The van der Waals surface area contributed by atoms with E-state index < -0.39 is 0 Å². The van der Waals surface area contributed by atoms with E-state index in [1.165, 1.54) is 11.8 Å². The van der Waals surface area contributed by atoms with Crippen molar-refractivity contribution >= 4 is 22.7 Å². The van der Waals surface area contributed by atoms with Gasteiger partial charge >= 0.3 is 0 Å². The van der Waals surface area contributed by atoms with Crippen LogP contribution in [0.15, 0.2) is 75.4 Å². The first-order chi connectivity index (χ1) is 9.79. The first kappa shape index (κ1) is 13.0. The normalized spacial score (nSPS) is 10.8. The third-order valence-electron chi connectivity index (χ3n) is 3.27. The van der Waals surface area contributed by atoms with Gasteiger partial charge in [-0.25, -0.2) is 0 Å². The van der Waals surface area contributed by atoms with E-state index in [2.05, 4.69) is 11.5 Å². The predicted molar refractivity (Wildman–Crippen MR) is 84.4 cm³/mol. The van der Waals surface area contributed by atoms with Crippen LogP contribution in [0.1, 0.15) is 6.92 Å². The quantitative estimate of drug-likeness (QED) is 0.718. The number of hydrogen-bond acceptors (Lipinski definition) is 2. The lowest BCUT2D eigenvalue weighted by Gasteiger charge is -2.11. The van der Waals surface area contributed by atoms with Crippen LogP contribution in [0.3, 0.4) is 0 Å². The Labute approximate surface area is 122 Å². The molecule has 3 heteroatoms. The van der Waals surface area contributed by atoms with Gasteiger partial charge in [-0.1, -0.05) is 42.1 Å². The maximum absolute atomic E-state index is 12.6. The van der Waals surface area contributed by atoms with Crippen LogP contribution in [0.25, 0.3) is 10.9 Å². The first-order valence-corrected chi connectivity index (χ1v) is 7.46. The molecule has 0 bridgehead atoms. The van der Waals surface area contributed by atoms with Crippen LogP contribution in [0, 0.1) is 0 Å². The molecule has 0 fully saturated rings. The van der Waals surface area contributed by atoms with Crippen LogP contribution in [0.5, 0.6) is 0 Å². The minimum absolute atomic E-state index is 0.110. The monoisotopic (exact) mass is 281 g/mol. The molecule has 1 heterocycles. The fourth-order valence-corrected chi connectivity index (χ4v) is 3.20. The molecule has 0 aliphatic carbocycles. The Hall–Kier alpha value is -2.00. The summed E-state index contributed by atoms with van der Waals surface area (Å²) in [7, 11) is 0. The molecule has 1 aromatic heterocycles. The highest BCUT2D eigenvalue weighted by Gasteiger charge is 2.09. The smallest absolute Gasteiger partial charge is 0.203 e. The van der Waals surface area contributed by atoms with Gasteiger partial charge in [0.2, 0.25) is 5.43 Å². The van der Waals surface area contributed by atoms with Gasteiger partial charge in [0.25, 0.3) is 0 Å². The summed E-state index contributed by atoms with van der Waals surface area (Å²) in [5.74, 6) is 0. The molecule has 0 unspecified atom stereocenters. The lowest BCUT2D eigenvalue weighted by molar-refractivity contribution is 0.775. The van der Waals surface area contributed by atoms with Crippen LogP contribution in [0.2, 0.25) is 0 Å². The molecule has 0 saturated heterocycles. The SMILES string of the molecule is CCn1cc(Sc2ccccc2)c(=O)c2ccccc21. The molecule has 0 N–H and O–H groups in total. The number of nitrogens with zero attached hydrogens (tertiary/aromatic N) is 1. The minimum Gasteiger partial charge on any atom is -0.346 e. The van der Waals surface area contributed by atoms with Gasteiger partial charge in [-0.15, -0.1) is 0 Å². The Balaban J connectivity index is 2.17. The third kappa shape index (κ3) is 2.37. The number of fused-ring (bicyclic) bond motifs is 1. The molecule has 0 atom stereocenters. The number of aryl methyl sites for hydroxylation is 1. The molecular formula is C17H15NOS. The van der Waals surface area contributed by atoms with Gasteiger partial charge in [-0.3, -0.25) is 4.79 Å². The summed E-state index contributed by atoms with van der Waals surface area (Å²) in [6, 6.07) is 17.8. The van der Waals surface area contributed by atoms with Crippen LogP contribution >= 0.6 is 11.8 Å². The van der Waals surface area contributed by atoms with E-state index in [9.17, 15) is 4.79 Å². The lowest BCUT2D eigenvalue weighted by atomic mass is 10.2. The Morgan fingerprint density at radius 1 is 1.00 bits per heavy atom.